The maximum absolute atomic E-state index is 14.0. The van der Waals surface area contributed by atoms with Gasteiger partial charge in [-0.25, -0.2) is 4.39 Å². The van der Waals surface area contributed by atoms with Gasteiger partial charge in [0.25, 0.3) is 5.91 Å². The number of piperidine rings is 1. The monoisotopic (exact) mass is 288 g/mol. The van der Waals surface area contributed by atoms with E-state index in [9.17, 15) is 9.18 Å². The zero-order valence-electron chi connectivity index (χ0n) is 12.6. The van der Waals surface area contributed by atoms with Gasteiger partial charge in [0.2, 0.25) is 0 Å². The van der Waals surface area contributed by atoms with Crippen LogP contribution in [0.2, 0.25) is 0 Å². The van der Waals surface area contributed by atoms with Crippen molar-refractivity contribution in [2.24, 2.45) is 11.1 Å². The van der Waals surface area contributed by atoms with E-state index in [0.29, 0.717) is 18.7 Å². The Kier molecular flexibility index (Phi) is 4.64. The predicted octanol–water partition coefficient (Wildman–Crippen LogP) is 2.40. The van der Waals surface area contributed by atoms with Crippen LogP contribution >= 0.6 is 0 Å². The molecular weight excluding hydrogens is 267 g/mol. The van der Waals surface area contributed by atoms with Crippen molar-refractivity contribution in [3.8, 4) is 11.8 Å². The number of nitrogens with zero attached hydrogens (tertiary/aromatic N) is 1. The van der Waals surface area contributed by atoms with Gasteiger partial charge in [-0.2, -0.15) is 0 Å². The van der Waals surface area contributed by atoms with Crippen LogP contribution in [0.25, 0.3) is 0 Å². The molecule has 4 heteroatoms. The molecule has 1 aliphatic rings. The van der Waals surface area contributed by atoms with Gasteiger partial charge < -0.3 is 10.6 Å². The molecule has 2 N–H and O–H groups in total. The first-order chi connectivity index (χ1) is 9.93. The van der Waals surface area contributed by atoms with E-state index in [1.54, 1.807) is 11.0 Å². The van der Waals surface area contributed by atoms with E-state index in [1.807, 2.05) is 0 Å². The maximum Gasteiger partial charge on any atom is 0.256 e. The van der Waals surface area contributed by atoms with Crippen molar-refractivity contribution < 1.29 is 9.18 Å². The Bertz CT molecular complexity index is 599. The number of nitrogens with two attached hydrogens (primary N) is 1. The van der Waals surface area contributed by atoms with E-state index >= 15 is 0 Å². The van der Waals surface area contributed by atoms with Crippen LogP contribution in [0.4, 0.5) is 4.39 Å². The molecule has 3 nitrogen and oxygen atoms in total. The number of likely N-dealkylation sites (tertiary alicyclic amines) is 1. The summed E-state index contributed by atoms with van der Waals surface area (Å²) in [6.07, 6.45) is 2.04. The Labute approximate surface area is 125 Å². The molecule has 2 rings (SSSR count). The van der Waals surface area contributed by atoms with Crippen molar-refractivity contribution in [2.45, 2.75) is 26.7 Å². The van der Waals surface area contributed by atoms with Gasteiger partial charge in [-0.3, -0.25) is 4.79 Å². The third-order valence-corrected chi connectivity index (χ3v) is 3.72. The van der Waals surface area contributed by atoms with Crippen molar-refractivity contribution in [3.63, 3.8) is 0 Å². The summed E-state index contributed by atoms with van der Waals surface area (Å²) in [5.74, 6) is 4.80. The van der Waals surface area contributed by atoms with Gasteiger partial charge in [0.1, 0.15) is 5.82 Å². The van der Waals surface area contributed by atoms with Gasteiger partial charge in [0.15, 0.2) is 0 Å². The first-order valence-corrected chi connectivity index (χ1v) is 7.21. The average Bonchev–Trinajstić information content (AvgIpc) is 2.44. The summed E-state index contributed by atoms with van der Waals surface area (Å²) in [7, 11) is 0. The third-order valence-electron chi connectivity index (χ3n) is 3.72. The molecule has 1 aliphatic heterocycles. The standard InChI is InChI=1S/C17H21FN2O/c1-17(2)8-4-10-20(12-17)16(21)14-11-13(5-3-9-19)6-7-15(14)18/h6-7,11H,4,8-10,12,19H2,1-2H3. The summed E-state index contributed by atoms with van der Waals surface area (Å²) in [6.45, 7) is 5.84. The quantitative estimate of drug-likeness (QED) is 0.807. The van der Waals surface area contributed by atoms with Gasteiger partial charge >= 0.3 is 0 Å². The van der Waals surface area contributed by atoms with Crippen LogP contribution in [0.5, 0.6) is 0 Å². The Morgan fingerprint density at radius 3 is 2.90 bits per heavy atom. The molecule has 1 fully saturated rings. The van der Waals surface area contributed by atoms with Gasteiger partial charge in [-0.05, 0) is 36.5 Å². The highest BCUT2D eigenvalue weighted by Gasteiger charge is 2.30. The molecule has 0 unspecified atom stereocenters. The molecule has 112 valence electrons. The molecule has 1 heterocycles. The van der Waals surface area contributed by atoms with Crippen LogP contribution in [0.15, 0.2) is 18.2 Å². The summed E-state index contributed by atoms with van der Waals surface area (Å²) in [5.41, 5.74) is 6.12. The molecule has 0 saturated carbocycles. The fraction of sp³-hybridized carbons (Fsp3) is 0.471. The highest BCUT2D eigenvalue weighted by molar-refractivity contribution is 5.95. The predicted molar refractivity (Wildman–Crippen MR) is 81.3 cm³/mol. The molecule has 1 saturated heterocycles. The van der Waals surface area contributed by atoms with E-state index in [4.69, 9.17) is 5.73 Å². The summed E-state index contributed by atoms with van der Waals surface area (Å²) >= 11 is 0. The molecular formula is C17H21FN2O. The van der Waals surface area contributed by atoms with Gasteiger partial charge in [0, 0.05) is 18.7 Å². The second kappa shape index (κ2) is 6.28. The number of halogens is 1. The van der Waals surface area contributed by atoms with E-state index in [2.05, 4.69) is 25.7 Å². The zero-order chi connectivity index (χ0) is 15.5. The minimum atomic E-state index is -0.498. The summed E-state index contributed by atoms with van der Waals surface area (Å²) in [4.78, 5) is 14.3. The van der Waals surface area contributed by atoms with Crippen molar-refractivity contribution in [3.05, 3.63) is 35.1 Å². The molecule has 1 aromatic rings. The molecule has 1 amide bonds. The van der Waals surface area contributed by atoms with E-state index in [-0.39, 0.29) is 23.4 Å². The minimum absolute atomic E-state index is 0.0847. The molecule has 0 aromatic heterocycles. The lowest BCUT2D eigenvalue weighted by Crippen LogP contribution is -2.43. The molecule has 0 aliphatic carbocycles. The number of carbonyl (C=O) groups excluding carboxylic acids is 1. The van der Waals surface area contributed by atoms with Crippen LogP contribution in [0.1, 0.15) is 42.6 Å². The number of benzene rings is 1. The van der Waals surface area contributed by atoms with E-state index in [0.717, 1.165) is 12.8 Å². The fourth-order valence-electron chi connectivity index (χ4n) is 2.69. The normalized spacial score (nSPS) is 17.0. The topological polar surface area (TPSA) is 46.3 Å². The Morgan fingerprint density at radius 1 is 1.48 bits per heavy atom. The van der Waals surface area contributed by atoms with Gasteiger partial charge in [-0.1, -0.05) is 25.7 Å². The molecule has 21 heavy (non-hydrogen) atoms. The first kappa shape index (κ1) is 15.5. The second-order valence-corrected chi connectivity index (χ2v) is 6.20. The lowest BCUT2D eigenvalue weighted by Gasteiger charge is -2.38. The minimum Gasteiger partial charge on any atom is -0.338 e. The van der Waals surface area contributed by atoms with Crippen molar-refractivity contribution in [1.82, 2.24) is 4.90 Å². The van der Waals surface area contributed by atoms with Crippen LogP contribution in [-0.4, -0.2) is 30.4 Å². The number of amides is 1. The largest absolute Gasteiger partial charge is 0.338 e. The third kappa shape index (κ3) is 3.83. The van der Waals surface area contributed by atoms with Crippen molar-refractivity contribution >= 4 is 5.91 Å². The number of rotatable bonds is 1. The van der Waals surface area contributed by atoms with Crippen LogP contribution in [-0.2, 0) is 0 Å². The molecule has 0 spiro atoms. The van der Waals surface area contributed by atoms with Crippen LogP contribution < -0.4 is 5.73 Å². The first-order valence-electron chi connectivity index (χ1n) is 7.21. The number of hydrogen-bond donors (Lipinski definition) is 1. The van der Waals surface area contributed by atoms with Crippen molar-refractivity contribution in [1.29, 1.82) is 0 Å². The van der Waals surface area contributed by atoms with Crippen molar-refractivity contribution in [2.75, 3.05) is 19.6 Å². The zero-order valence-corrected chi connectivity index (χ0v) is 12.6. The smallest absolute Gasteiger partial charge is 0.256 e. The highest BCUT2D eigenvalue weighted by Crippen LogP contribution is 2.29. The number of hydrogen-bond acceptors (Lipinski definition) is 2. The van der Waals surface area contributed by atoms with E-state index < -0.39 is 5.82 Å². The summed E-state index contributed by atoms with van der Waals surface area (Å²) < 4.78 is 14.0. The highest BCUT2D eigenvalue weighted by atomic mass is 19.1. The Hall–Kier alpha value is -1.86. The Morgan fingerprint density at radius 2 is 2.24 bits per heavy atom. The second-order valence-electron chi connectivity index (χ2n) is 6.20. The molecule has 0 radical (unpaired) electrons. The molecule has 0 bridgehead atoms. The Balaban J connectivity index is 2.26. The SMILES string of the molecule is CC1(C)CCCN(C(=O)c2cc(C#CCN)ccc2F)C1. The van der Waals surface area contributed by atoms with Crippen LogP contribution in [0.3, 0.4) is 0 Å². The average molecular weight is 288 g/mol. The fourth-order valence-corrected chi connectivity index (χ4v) is 2.69. The number of carbonyl (C=O) groups is 1. The van der Waals surface area contributed by atoms with Crippen LogP contribution in [0, 0.1) is 23.1 Å². The summed E-state index contributed by atoms with van der Waals surface area (Å²) in [6, 6.07) is 4.37. The lowest BCUT2D eigenvalue weighted by atomic mass is 9.84. The maximum atomic E-state index is 14.0. The lowest BCUT2D eigenvalue weighted by molar-refractivity contribution is 0.0579. The van der Waals surface area contributed by atoms with Gasteiger partial charge in [-0.15, -0.1) is 0 Å². The summed E-state index contributed by atoms with van der Waals surface area (Å²) in [5, 5.41) is 0. The van der Waals surface area contributed by atoms with E-state index in [1.165, 1.54) is 12.1 Å². The molecule has 0 atom stereocenters. The molecule has 1 aromatic carbocycles. The van der Waals surface area contributed by atoms with Gasteiger partial charge in [0.05, 0.1) is 12.1 Å².